The number of fused-ring (bicyclic) bond motifs is 1. The summed E-state index contributed by atoms with van der Waals surface area (Å²) in [6.45, 7) is 3.78. The third kappa shape index (κ3) is 3.18. The Morgan fingerprint density at radius 2 is 2.00 bits per heavy atom. The van der Waals surface area contributed by atoms with Crippen LogP contribution in [0.15, 0.2) is 60.1 Å². The number of methoxy groups -OCH3 is 1. The molecule has 4 nitrogen and oxygen atoms in total. The van der Waals surface area contributed by atoms with Gasteiger partial charge in [-0.1, -0.05) is 30.3 Å². The Labute approximate surface area is 157 Å². The lowest BCUT2D eigenvalue weighted by atomic mass is 10.1. The number of benzene rings is 2. The molecule has 0 aliphatic carbocycles. The van der Waals surface area contributed by atoms with Gasteiger partial charge in [-0.2, -0.15) is 0 Å². The number of nitrogens with one attached hydrogen (secondary N) is 1. The molecule has 0 amide bonds. The highest BCUT2D eigenvalue weighted by Gasteiger charge is 2.14. The van der Waals surface area contributed by atoms with Crippen LogP contribution in [0.4, 0.5) is 5.13 Å². The molecule has 0 spiro atoms. The van der Waals surface area contributed by atoms with E-state index in [4.69, 9.17) is 9.72 Å². The monoisotopic (exact) mass is 363 g/mol. The van der Waals surface area contributed by atoms with Gasteiger partial charge in [-0.05, 0) is 30.7 Å². The van der Waals surface area contributed by atoms with Gasteiger partial charge in [0.1, 0.15) is 5.75 Å². The highest BCUT2D eigenvalue weighted by Crippen LogP contribution is 2.35. The summed E-state index contributed by atoms with van der Waals surface area (Å²) in [7, 11) is 1.70. The standard InChI is InChI=1S/C21H21N3OS/c1-3-22-21-23-19(14-26-21)18-13-24(12-15-7-5-4-6-8-15)20-10-9-16(25-2)11-17(18)20/h4-11,13-14H,3,12H2,1-2H3,(H,22,23). The van der Waals surface area contributed by atoms with E-state index in [1.807, 2.05) is 12.1 Å². The number of rotatable bonds is 6. The van der Waals surface area contributed by atoms with Crippen molar-refractivity contribution in [2.45, 2.75) is 13.5 Å². The number of ether oxygens (including phenoxy) is 1. The molecule has 0 aliphatic heterocycles. The van der Waals surface area contributed by atoms with E-state index in [0.717, 1.165) is 40.6 Å². The molecule has 0 bridgehead atoms. The van der Waals surface area contributed by atoms with Gasteiger partial charge in [0.2, 0.25) is 0 Å². The van der Waals surface area contributed by atoms with Gasteiger partial charge in [0.15, 0.2) is 5.13 Å². The second kappa shape index (κ2) is 7.22. The van der Waals surface area contributed by atoms with Gasteiger partial charge in [0.25, 0.3) is 0 Å². The maximum Gasteiger partial charge on any atom is 0.183 e. The van der Waals surface area contributed by atoms with Gasteiger partial charge >= 0.3 is 0 Å². The number of hydrogen-bond acceptors (Lipinski definition) is 4. The minimum absolute atomic E-state index is 0.827. The van der Waals surface area contributed by atoms with Gasteiger partial charge in [-0.25, -0.2) is 4.98 Å². The number of anilines is 1. The van der Waals surface area contributed by atoms with E-state index < -0.39 is 0 Å². The van der Waals surface area contributed by atoms with Crippen molar-refractivity contribution < 1.29 is 4.74 Å². The summed E-state index contributed by atoms with van der Waals surface area (Å²) in [5.74, 6) is 0.860. The first-order chi connectivity index (χ1) is 12.8. The van der Waals surface area contributed by atoms with Crippen LogP contribution < -0.4 is 10.1 Å². The number of thiazole rings is 1. The first kappa shape index (κ1) is 16.7. The molecule has 132 valence electrons. The van der Waals surface area contributed by atoms with E-state index in [9.17, 15) is 0 Å². The molecule has 0 saturated carbocycles. The molecular weight excluding hydrogens is 342 g/mol. The Morgan fingerprint density at radius 1 is 1.15 bits per heavy atom. The second-order valence-electron chi connectivity index (χ2n) is 6.11. The fourth-order valence-electron chi connectivity index (χ4n) is 3.15. The zero-order valence-electron chi connectivity index (χ0n) is 14.9. The maximum atomic E-state index is 5.45. The van der Waals surface area contributed by atoms with Crippen molar-refractivity contribution in [2.75, 3.05) is 19.0 Å². The first-order valence-corrected chi connectivity index (χ1v) is 9.57. The summed E-state index contributed by atoms with van der Waals surface area (Å²) in [5.41, 5.74) is 4.59. The summed E-state index contributed by atoms with van der Waals surface area (Å²) in [5, 5.41) is 7.51. The third-order valence-corrected chi connectivity index (χ3v) is 5.19. The largest absolute Gasteiger partial charge is 0.497 e. The topological polar surface area (TPSA) is 39.1 Å². The highest BCUT2D eigenvalue weighted by molar-refractivity contribution is 7.14. The lowest BCUT2D eigenvalue weighted by molar-refractivity contribution is 0.415. The van der Waals surface area contributed by atoms with Crippen molar-refractivity contribution in [3.05, 3.63) is 65.7 Å². The lowest BCUT2D eigenvalue weighted by Crippen LogP contribution is -1.97. The van der Waals surface area contributed by atoms with Gasteiger partial charge in [-0.3, -0.25) is 0 Å². The minimum Gasteiger partial charge on any atom is -0.497 e. The molecule has 0 atom stereocenters. The van der Waals surface area contributed by atoms with E-state index >= 15 is 0 Å². The smallest absolute Gasteiger partial charge is 0.183 e. The normalized spacial score (nSPS) is 11.0. The molecule has 0 fully saturated rings. The van der Waals surface area contributed by atoms with Crippen LogP contribution in [0.2, 0.25) is 0 Å². The second-order valence-corrected chi connectivity index (χ2v) is 6.97. The SMILES string of the molecule is CCNc1nc(-c2cn(Cc3ccccc3)c3ccc(OC)cc23)cs1. The molecule has 4 rings (SSSR count). The van der Waals surface area contributed by atoms with Crippen LogP contribution in [-0.2, 0) is 6.54 Å². The zero-order valence-corrected chi connectivity index (χ0v) is 15.7. The Kier molecular flexibility index (Phi) is 4.63. The fraction of sp³-hybridized carbons (Fsp3) is 0.190. The van der Waals surface area contributed by atoms with E-state index in [0.29, 0.717) is 0 Å². The fourth-order valence-corrected chi connectivity index (χ4v) is 3.93. The quantitative estimate of drug-likeness (QED) is 0.508. The number of aromatic nitrogens is 2. The van der Waals surface area contributed by atoms with Crippen molar-refractivity contribution >= 4 is 27.4 Å². The van der Waals surface area contributed by atoms with Crippen LogP contribution in [0.5, 0.6) is 5.75 Å². The van der Waals surface area contributed by atoms with Crippen LogP contribution in [0.1, 0.15) is 12.5 Å². The maximum absolute atomic E-state index is 5.45. The Bertz CT molecular complexity index is 1020. The summed E-state index contributed by atoms with van der Waals surface area (Å²) in [6.07, 6.45) is 2.20. The molecule has 2 aromatic carbocycles. The van der Waals surface area contributed by atoms with Crippen LogP contribution >= 0.6 is 11.3 Å². The van der Waals surface area contributed by atoms with E-state index in [1.54, 1.807) is 18.4 Å². The average molecular weight is 363 g/mol. The van der Waals surface area contributed by atoms with Crippen LogP contribution in [0.3, 0.4) is 0 Å². The van der Waals surface area contributed by atoms with Gasteiger partial charge in [-0.15, -0.1) is 11.3 Å². The molecule has 2 heterocycles. The Balaban J connectivity index is 1.82. The molecule has 0 radical (unpaired) electrons. The minimum atomic E-state index is 0.827. The van der Waals surface area contributed by atoms with Gasteiger partial charge in [0.05, 0.1) is 12.8 Å². The van der Waals surface area contributed by atoms with Crippen molar-refractivity contribution in [3.63, 3.8) is 0 Å². The summed E-state index contributed by atoms with van der Waals surface area (Å²) in [6, 6.07) is 16.7. The Morgan fingerprint density at radius 3 is 2.77 bits per heavy atom. The van der Waals surface area contributed by atoms with Crippen molar-refractivity contribution in [2.24, 2.45) is 0 Å². The van der Waals surface area contributed by atoms with Gasteiger partial charge in [0, 0.05) is 41.1 Å². The zero-order chi connectivity index (χ0) is 17.9. The van der Waals surface area contributed by atoms with Crippen molar-refractivity contribution in [1.29, 1.82) is 0 Å². The molecule has 0 saturated heterocycles. The highest BCUT2D eigenvalue weighted by atomic mass is 32.1. The molecule has 0 aliphatic rings. The van der Waals surface area contributed by atoms with E-state index in [-0.39, 0.29) is 0 Å². The van der Waals surface area contributed by atoms with E-state index in [2.05, 4.69) is 64.8 Å². The summed E-state index contributed by atoms with van der Waals surface area (Å²) in [4.78, 5) is 4.75. The van der Waals surface area contributed by atoms with Crippen LogP contribution in [0.25, 0.3) is 22.2 Å². The molecule has 1 N–H and O–H groups in total. The average Bonchev–Trinajstić information content (AvgIpc) is 3.27. The molecular formula is C21H21N3OS. The predicted octanol–water partition coefficient (Wildman–Crippen LogP) is 5.25. The molecule has 5 heteroatoms. The summed E-state index contributed by atoms with van der Waals surface area (Å²) < 4.78 is 7.73. The van der Waals surface area contributed by atoms with Gasteiger partial charge < -0.3 is 14.6 Å². The van der Waals surface area contributed by atoms with Crippen LogP contribution in [0, 0.1) is 0 Å². The van der Waals surface area contributed by atoms with E-state index in [1.165, 1.54) is 11.1 Å². The summed E-state index contributed by atoms with van der Waals surface area (Å²) >= 11 is 1.64. The molecule has 2 aromatic heterocycles. The van der Waals surface area contributed by atoms with Crippen molar-refractivity contribution in [1.82, 2.24) is 9.55 Å². The van der Waals surface area contributed by atoms with Crippen molar-refractivity contribution in [3.8, 4) is 17.0 Å². The third-order valence-electron chi connectivity index (χ3n) is 4.39. The number of hydrogen-bond donors (Lipinski definition) is 1. The van der Waals surface area contributed by atoms with Crippen LogP contribution in [-0.4, -0.2) is 23.2 Å². The lowest BCUT2D eigenvalue weighted by Gasteiger charge is -2.06. The first-order valence-electron chi connectivity index (χ1n) is 8.69. The molecule has 0 unspecified atom stereocenters. The predicted molar refractivity (Wildman–Crippen MR) is 109 cm³/mol. The number of nitrogens with zero attached hydrogens (tertiary/aromatic N) is 2. The molecule has 4 aromatic rings. The molecule has 26 heavy (non-hydrogen) atoms. The Hall–Kier alpha value is -2.79.